The first-order valence-corrected chi connectivity index (χ1v) is 2.77. The van der Waals surface area contributed by atoms with Crippen molar-refractivity contribution in [1.82, 2.24) is 16.0 Å². The van der Waals surface area contributed by atoms with Crippen LogP contribution in [0, 0.1) is 0 Å². The number of primary amides is 1. The monoisotopic (exact) mass is 185 g/mol. The molecule has 1 aliphatic rings. The minimum atomic E-state index is -1.04. The number of carbonyl (C=O) groups is 3. The molecule has 8 heteroatoms. The van der Waals surface area contributed by atoms with E-state index in [0.717, 1.165) is 0 Å². The van der Waals surface area contributed by atoms with Crippen LogP contribution >= 0.6 is 0 Å². The van der Waals surface area contributed by atoms with Crippen molar-refractivity contribution in [2.75, 3.05) is 0 Å². The normalized spacial score (nSPS) is 20.5. The predicted molar refractivity (Wildman–Crippen MR) is 38.9 cm³/mol. The molecule has 0 saturated carbocycles. The zero-order chi connectivity index (χ0) is 8.43. The topological polar surface area (TPSA) is 113 Å². The van der Waals surface area contributed by atoms with Gasteiger partial charge in [-0.1, -0.05) is 0 Å². The van der Waals surface area contributed by atoms with E-state index in [4.69, 9.17) is 5.73 Å². The summed E-state index contributed by atoms with van der Waals surface area (Å²) in [5.74, 6) is -0.617. The molecule has 1 aliphatic heterocycles. The summed E-state index contributed by atoms with van der Waals surface area (Å²) in [6.45, 7) is 0. The van der Waals surface area contributed by atoms with Crippen LogP contribution in [-0.2, 0) is 4.79 Å². The van der Waals surface area contributed by atoms with E-state index in [-0.39, 0.29) is 17.4 Å². The minimum Gasteiger partial charge on any atom is -0.352 e. The van der Waals surface area contributed by atoms with Gasteiger partial charge in [0, 0.05) is 0 Å². The third-order valence-electron chi connectivity index (χ3n) is 1.06. The smallest absolute Gasteiger partial charge is 0.352 e. The second kappa shape index (κ2) is 3.94. The molecule has 5 N–H and O–H groups in total. The number of imide groups is 1. The van der Waals surface area contributed by atoms with Crippen molar-refractivity contribution in [3.8, 4) is 0 Å². The number of hydrogen-bond acceptors (Lipinski definition) is 3. The average Bonchev–Trinajstić information content (AvgIpc) is 2.09. The SMILES string of the molecule is NC(=O)NC1NC(=O)NC1=O.[Al+3]. The molecule has 0 aromatic carbocycles. The first-order valence-electron chi connectivity index (χ1n) is 2.77. The van der Waals surface area contributed by atoms with Gasteiger partial charge in [0.25, 0.3) is 5.91 Å². The Morgan fingerprint density at radius 2 is 2.08 bits per heavy atom. The van der Waals surface area contributed by atoms with Gasteiger partial charge >= 0.3 is 29.4 Å². The van der Waals surface area contributed by atoms with E-state index in [0.29, 0.717) is 0 Å². The summed E-state index contributed by atoms with van der Waals surface area (Å²) in [4.78, 5) is 31.3. The van der Waals surface area contributed by atoms with Crippen molar-refractivity contribution >= 4 is 35.3 Å². The summed E-state index contributed by atoms with van der Waals surface area (Å²) in [6, 6.07) is -1.51. The van der Waals surface area contributed by atoms with E-state index in [2.05, 4.69) is 5.32 Å². The van der Waals surface area contributed by atoms with Gasteiger partial charge in [-0.25, -0.2) is 9.59 Å². The average molecular weight is 185 g/mol. The zero-order valence-electron chi connectivity index (χ0n) is 5.96. The maximum absolute atomic E-state index is 10.7. The summed E-state index contributed by atoms with van der Waals surface area (Å²) in [5.41, 5.74) is 4.70. The fourth-order valence-corrected chi connectivity index (χ4v) is 0.661. The molecule has 0 aliphatic carbocycles. The van der Waals surface area contributed by atoms with E-state index in [9.17, 15) is 14.4 Å². The number of hydrogen-bond donors (Lipinski definition) is 4. The van der Waals surface area contributed by atoms with Gasteiger partial charge in [0.05, 0.1) is 0 Å². The van der Waals surface area contributed by atoms with Crippen molar-refractivity contribution < 1.29 is 14.4 Å². The Labute approximate surface area is 78.2 Å². The molecule has 60 valence electrons. The van der Waals surface area contributed by atoms with Gasteiger partial charge in [-0.15, -0.1) is 0 Å². The molecular formula is C4H6AlN4O3+3. The molecule has 1 saturated heterocycles. The van der Waals surface area contributed by atoms with Gasteiger partial charge in [-0.2, -0.15) is 0 Å². The van der Waals surface area contributed by atoms with Gasteiger partial charge in [-0.3, -0.25) is 10.1 Å². The van der Waals surface area contributed by atoms with Crippen molar-refractivity contribution in [1.29, 1.82) is 0 Å². The van der Waals surface area contributed by atoms with Crippen molar-refractivity contribution in [2.24, 2.45) is 5.73 Å². The van der Waals surface area contributed by atoms with Gasteiger partial charge in [0.15, 0.2) is 6.17 Å². The summed E-state index contributed by atoms with van der Waals surface area (Å²) >= 11 is 0. The minimum absolute atomic E-state index is 0. The number of amides is 5. The molecule has 0 radical (unpaired) electrons. The second-order valence-electron chi connectivity index (χ2n) is 1.90. The Balaban J connectivity index is 0.00000121. The third-order valence-corrected chi connectivity index (χ3v) is 1.06. The quantitative estimate of drug-likeness (QED) is 0.266. The largest absolute Gasteiger partial charge is 3.00 e. The van der Waals surface area contributed by atoms with Gasteiger partial charge in [-0.05, 0) is 0 Å². The van der Waals surface area contributed by atoms with Crippen molar-refractivity contribution in [3.63, 3.8) is 0 Å². The first kappa shape index (κ1) is 10.7. The zero-order valence-corrected chi connectivity index (χ0v) is 7.11. The molecule has 1 atom stereocenters. The molecule has 1 unspecified atom stereocenters. The van der Waals surface area contributed by atoms with Crippen molar-refractivity contribution in [2.45, 2.75) is 6.17 Å². The maximum atomic E-state index is 10.7. The summed E-state index contributed by atoms with van der Waals surface area (Å²) < 4.78 is 0. The molecule has 0 spiro atoms. The van der Waals surface area contributed by atoms with Crippen LogP contribution in [0.5, 0.6) is 0 Å². The van der Waals surface area contributed by atoms with Crippen LogP contribution in [-0.4, -0.2) is 41.5 Å². The van der Waals surface area contributed by atoms with E-state index in [1.54, 1.807) is 0 Å². The van der Waals surface area contributed by atoms with Crippen LogP contribution in [0.15, 0.2) is 0 Å². The summed E-state index contributed by atoms with van der Waals surface area (Å²) in [7, 11) is 0. The van der Waals surface area contributed by atoms with Crippen LogP contribution in [0.25, 0.3) is 0 Å². The number of nitrogens with one attached hydrogen (secondary N) is 3. The molecular weight excluding hydrogens is 179 g/mol. The van der Waals surface area contributed by atoms with Gasteiger partial charge in [0.1, 0.15) is 0 Å². The number of rotatable bonds is 1. The third kappa shape index (κ3) is 2.41. The Morgan fingerprint density at radius 1 is 1.50 bits per heavy atom. The van der Waals surface area contributed by atoms with Crippen LogP contribution in [0.2, 0.25) is 0 Å². The van der Waals surface area contributed by atoms with Crippen LogP contribution in [0.4, 0.5) is 9.59 Å². The van der Waals surface area contributed by atoms with E-state index >= 15 is 0 Å². The maximum Gasteiger partial charge on any atom is 3.00 e. The summed E-state index contributed by atoms with van der Waals surface area (Å²) in [5, 5.41) is 6.05. The second-order valence-corrected chi connectivity index (χ2v) is 1.90. The van der Waals surface area contributed by atoms with E-state index in [1.807, 2.05) is 10.6 Å². The molecule has 1 rings (SSSR count). The van der Waals surface area contributed by atoms with Gasteiger partial charge in [0.2, 0.25) is 0 Å². The molecule has 12 heavy (non-hydrogen) atoms. The number of nitrogens with two attached hydrogens (primary N) is 1. The fourth-order valence-electron chi connectivity index (χ4n) is 0.661. The fraction of sp³-hybridized carbons (Fsp3) is 0.250. The van der Waals surface area contributed by atoms with Crippen molar-refractivity contribution in [3.05, 3.63) is 0 Å². The van der Waals surface area contributed by atoms with E-state index < -0.39 is 24.1 Å². The first-order chi connectivity index (χ1) is 5.09. The predicted octanol–water partition coefficient (Wildman–Crippen LogP) is -2.56. The Kier molecular flexibility index (Phi) is 3.53. The molecule has 1 heterocycles. The molecule has 0 aromatic heterocycles. The standard InChI is InChI=1S/C4H6N4O3.Al/c5-3(10)6-1-2(9)8-4(11)7-1;/h1H,(H3,5,6,10)(H2,7,8,9,11);/q;+3. The molecule has 1 fully saturated rings. The van der Waals surface area contributed by atoms with Crippen LogP contribution in [0.3, 0.4) is 0 Å². The Hall–Kier alpha value is -1.26. The molecule has 0 aromatic rings. The van der Waals surface area contributed by atoms with Gasteiger partial charge < -0.3 is 16.4 Å². The summed E-state index contributed by atoms with van der Waals surface area (Å²) in [6.07, 6.45) is -1.04. The Bertz CT molecular complexity index is 230. The number of urea groups is 2. The molecule has 0 bridgehead atoms. The molecule has 7 nitrogen and oxygen atoms in total. The van der Waals surface area contributed by atoms with E-state index in [1.165, 1.54) is 0 Å². The van der Waals surface area contributed by atoms with Crippen LogP contribution in [0.1, 0.15) is 0 Å². The number of carbonyl (C=O) groups excluding carboxylic acids is 3. The Morgan fingerprint density at radius 3 is 2.42 bits per heavy atom. The van der Waals surface area contributed by atoms with Crippen LogP contribution < -0.4 is 21.7 Å². The molecule has 5 amide bonds.